The largest absolute Gasteiger partial charge is 0.454 e. The predicted octanol–water partition coefficient (Wildman–Crippen LogP) is 3.52. The normalized spacial score (nSPS) is 20.6. The Balaban J connectivity index is 1.10. The molecule has 1 unspecified atom stereocenters. The van der Waals surface area contributed by atoms with E-state index in [0.29, 0.717) is 25.4 Å². The zero-order valence-corrected chi connectivity index (χ0v) is 20.3. The van der Waals surface area contributed by atoms with Crippen molar-refractivity contribution < 1.29 is 19.1 Å². The second kappa shape index (κ2) is 9.44. The van der Waals surface area contributed by atoms with E-state index in [0.717, 1.165) is 40.1 Å². The number of thioether (sulfide) groups is 1. The Hall–Kier alpha value is -2.43. The molecule has 0 saturated carbocycles. The molecular formula is C23H25BrN4O4S. The summed E-state index contributed by atoms with van der Waals surface area (Å²) < 4.78 is 11.6. The van der Waals surface area contributed by atoms with Crippen LogP contribution in [0.25, 0.3) is 0 Å². The van der Waals surface area contributed by atoms with E-state index in [1.165, 1.54) is 0 Å². The maximum atomic E-state index is 12.8. The number of hydrogen-bond acceptors (Lipinski definition) is 6. The molecule has 8 nitrogen and oxygen atoms in total. The van der Waals surface area contributed by atoms with Gasteiger partial charge in [-0.2, -0.15) is 0 Å². The number of benzene rings is 2. The van der Waals surface area contributed by atoms with Gasteiger partial charge in [0.05, 0.1) is 16.6 Å². The topological polar surface area (TPSA) is 91.9 Å². The Kier molecular flexibility index (Phi) is 6.40. The summed E-state index contributed by atoms with van der Waals surface area (Å²) in [6.07, 6.45) is 1.60. The number of anilines is 1. The van der Waals surface area contributed by atoms with Crippen molar-refractivity contribution in [2.75, 3.05) is 31.0 Å². The van der Waals surface area contributed by atoms with Crippen molar-refractivity contribution in [3.63, 3.8) is 0 Å². The quantitative estimate of drug-likeness (QED) is 0.557. The summed E-state index contributed by atoms with van der Waals surface area (Å²) in [7, 11) is 0. The van der Waals surface area contributed by atoms with Crippen LogP contribution in [-0.2, 0) is 11.3 Å². The van der Waals surface area contributed by atoms with Crippen LogP contribution < -0.4 is 25.4 Å². The van der Waals surface area contributed by atoms with E-state index in [-0.39, 0.29) is 29.6 Å². The first-order valence-corrected chi connectivity index (χ1v) is 12.7. The first-order chi connectivity index (χ1) is 16.0. The van der Waals surface area contributed by atoms with Gasteiger partial charge < -0.3 is 25.0 Å². The van der Waals surface area contributed by atoms with Gasteiger partial charge >= 0.3 is 6.03 Å². The average Bonchev–Trinajstić information content (AvgIpc) is 3.46. The van der Waals surface area contributed by atoms with Crippen molar-refractivity contribution in [1.82, 2.24) is 15.5 Å². The van der Waals surface area contributed by atoms with E-state index in [1.807, 2.05) is 47.4 Å². The first-order valence-electron chi connectivity index (χ1n) is 10.9. The molecular weight excluding hydrogens is 508 g/mol. The van der Waals surface area contributed by atoms with Crippen molar-refractivity contribution in [3.05, 3.63) is 52.5 Å². The molecule has 2 saturated heterocycles. The Morgan fingerprint density at radius 3 is 2.76 bits per heavy atom. The number of carbonyl (C=O) groups excluding carboxylic acids is 2. The van der Waals surface area contributed by atoms with Crippen molar-refractivity contribution in [1.29, 1.82) is 0 Å². The molecule has 3 aliphatic heterocycles. The highest BCUT2D eigenvalue weighted by molar-refractivity contribution is 9.10. The summed E-state index contributed by atoms with van der Waals surface area (Å²) in [4.78, 5) is 27.1. The lowest BCUT2D eigenvalue weighted by Crippen LogP contribution is -2.54. The average molecular weight is 533 g/mol. The molecule has 5 rings (SSSR count). The minimum Gasteiger partial charge on any atom is -0.454 e. The summed E-state index contributed by atoms with van der Waals surface area (Å²) in [5, 5.41) is 9.53. The van der Waals surface area contributed by atoms with Gasteiger partial charge in [0.1, 0.15) is 0 Å². The number of amides is 3. The number of hydrogen-bond donors (Lipinski definition) is 3. The highest BCUT2D eigenvalue weighted by Gasteiger charge is 2.44. The summed E-state index contributed by atoms with van der Waals surface area (Å²) in [5.41, 5.74) is 1.73. The first kappa shape index (κ1) is 22.4. The van der Waals surface area contributed by atoms with Crippen LogP contribution in [0.15, 0.2) is 46.9 Å². The monoisotopic (exact) mass is 532 g/mol. The lowest BCUT2D eigenvalue weighted by atomic mass is 10.0. The Bertz CT molecular complexity index is 1060. The molecule has 10 heteroatoms. The molecule has 0 aliphatic carbocycles. The number of rotatable bonds is 4. The third-order valence-corrected chi connectivity index (χ3v) is 8.43. The molecule has 1 spiro atoms. The molecule has 174 valence electrons. The van der Waals surface area contributed by atoms with Gasteiger partial charge in [0.2, 0.25) is 12.7 Å². The predicted molar refractivity (Wildman–Crippen MR) is 130 cm³/mol. The maximum absolute atomic E-state index is 12.8. The van der Waals surface area contributed by atoms with E-state index < -0.39 is 0 Å². The molecule has 2 fully saturated rings. The van der Waals surface area contributed by atoms with Gasteiger partial charge in [0.15, 0.2) is 11.5 Å². The molecule has 1 atom stereocenters. The number of urea groups is 1. The van der Waals surface area contributed by atoms with Crippen LogP contribution in [0.5, 0.6) is 11.5 Å². The molecule has 33 heavy (non-hydrogen) atoms. The third-order valence-electron chi connectivity index (χ3n) is 6.16. The van der Waals surface area contributed by atoms with Gasteiger partial charge in [-0.05, 0) is 58.6 Å². The molecule has 2 aromatic rings. The fraction of sp³-hybridized carbons (Fsp3) is 0.391. The molecule has 3 amide bonds. The highest BCUT2D eigenvalue weighted by atomic mass is 79.9. The van der Waals surface area contributed by atoms with Crippen LogP contribution in [0.1, 0.15) is 18.4 Å². The molecule has 3 N–H and O–H groups in total. The molecule has 0 bridgehead atoms. The minimum atomic E-state index is -0.246. The fourth-order valence-corrected chi connectivity index (χ4v) is 6.07. The summed E-state index contributed by atoms with van der Waals surface area (Å²) in [6, 6.07) is 12.9. The number of likely N-dealkylation sites (tertiary alicyclic amines) is 1. The van der Waals surface area contributed by atoms with Gasteiger partial charge in [-0.15, -0.1) is 11.8 Å². The smallest absolute Gasteiger partial charge is 0.321 e. The van der Waals surface area contributed by atoms with Crippen LogP contribution in [0, 0.1) is 0 Å². The van der Waals surface area contributed by atoms with Gasteiger partial charge in [0.25, 0.3) is 0 Å². The maximum Gasteiger partial charge on any atom is 0.321 e. The SMILES string of the molecule is O=C(NCc1ccc2c(c1)OCO2)C1CSC2(CCN(C(=O)Nc3ccccc3Br)CC2)N1. The molecule has 0 radical (unpaired) electrons. The second-order valence-corrected chi connectivity index (χ2v) is 10.6. The summed E-state index contributed by atoms with van der Waals surface area (Å²) in [5.74, 6) is 2.16. The zero-order valence-electron chi connectivity index (χ0n) is 17.9. The van der Waals surface area contributed by atoms with Crippen molar-refractivity contribution in [2.45, 2.75) is 30.3 Å². The van der Waals surface area contributed by atoms with Gasteiger partial charge in [0, 0.05) is 29.9 Å². The van der Waals surface area contributed by atoms with Crippen LogP contribution in [0.3, 0.4) is 0 Å². The van der Waals surface area contributed by atoms with Gasteiger partial charge in [-0.25, -0.2) is 4.79 Å². The number of ether oxygens (including phenoxy) is 2. The van der Waals surface area contributed by atoms with Crippen LogP contribution in [0.4, 0.5) is 10.5 Å². The van der Waals surface area contributed by atoms with Gasteiger partial charge in [-0.3, -0.25) is 10.1 Å². The number of carbonyl (C=O) groups is 2. The lowest BCUT2D eigenvalue weighted by Gasteiger charge is -2.39. The minimum absolute atomic E-state index is 0.00820. The lowest BCUT2D eigenvalue weighted by molar-refractivity contribution is -0.122. The van der Waals surface area contributed by atoms with E-state index >= 15 is 0 Å². The fourth-order valence-electron chi connectivity index (χ4n) is 4.26. The number of halogens is 1. The highest BCUT2D eigenvalue weighted by Crippen LogP contribution is 2.39. The standard InChI is InChI=1S/C23H25BrN4O4S/c24-16-3-1-2-4-17(16)26-22(30)28-9-7-23(8-10-28)27-18(13-33-23)21(29)25-12-15-5-6-19-20(11-15)32-14-31-19/h1-6,11,18,27H,7-10,12-14H2,(H,25,29)(H,26,30). The number of nitrogens with one attached hydrogen (secondary N) is 3. The Labute approximate surface area is 204 Å². The zero-order chi connectivity index (χ0) is 22.8. The van der Waals surface area contributed by atoms with Crippen molar-refractivity contribution >= 4 is 45.3 Å². The van der Waals surface area contributed by atoms with Crippen molar-refractivity contribution in [2.24, 2.45) is 0 Å². The van der Waals surface area contributed by atoms with Crippen LogP contribution in [0.2, 0.25) is 0 Å². The number of nitrogens with zero attached hydrogens (tertiary/aromatic N) is 1. The van der Waals surface area contributed by atoms with Crippen molar-refractivity contribution in [3.8, 4) is 11.5 Å². The van der Waals surface area contributed by atoms with E-state index in [1.54, 1.807) is 11.8 Å². The summed E-state index contributed by atoms with van der Waals surface area (Å²) in [6.45, 7) is 1.96. The molecule has 0 aromatic heterocycles. The van der Waals surface area contributed by atoms with Crippen LogP contribution in [-0.4, -0.2) is 53.4 Å². The van der Waals surface area contributed by atoms with Gasteiger partial charge in [-0.1, -0.05) is 18.2 Å². The van der Waals surface area contributed by atoms with Crippen LogP contribution >= 0.6 is 27.7 Å². The van der Waals surface area contributed by atoms with E-state index in [9.17, 15) is 9.59 Å². The third kappa shape index (κ3) is 4.92. The second-order valence-electron chi connectivity index (χ2n) is 8.30. The molecule has 3 aliphatic rings. The molecule has 3 heterocycles. The Morgan fingerprint density at radius 1 is 1.15 bits per heavy atom. The number of para-hydroxylation sites is 1. The Morgan fingerprint density at radius 2 is 1.94 bits per heavy atom. The molecule has 2 aromatic carbocycles. The number of piperidine rings is 1. The van der Waals surface area contributed by atoms with E-state index in [4.69, 9.17) is 9.47 Å². The van der Waals surface area contributed by atoms with E-state index in [2.05, 4.69) is 31.9 Å². The summed E-state index contributed by atoms with van der Waals surface area (Å²) >= 11 is 5.25. The number of fused-ring (bicyclic) bond motifs is 1.